The Morgan fingerprint density at radius 3 is 2.71 bits per heavy atom. The van der Waals surface area contributed by atoms with Crippen LogP contribution >= 0.6 is 11.8 Å². The van der Waals surface area contributed by atoms with E-state index in [9.17, 15) is 4.79 Å². The van der Waals surface area contributed by atoms with Crippen LogP contribution in [0.15, 0.2) is 30.3 Å². The first-order valence-corrected chi connectivity index (χ1v) is 7.19. The first-order valence-electron chi connectivity index (χ1n) is 6.14. The molecule has 1 atom stereocenters. The van der Waals surface area contributed by atoms with E-state index < -0.39 is 0 Å². The average Bonchev–Trinajstić information content (AvgIpc) is 2.30. The Hall–Kier alpha value is -0.960. The second-order valence-electron chi connectivity index (χ2n) is 4.06. The Morgan fingerprint density at radius 1 is 1.35 bits per heavy atom. The van der Waals surface area contributed by atoms with Gasteiger partial charge in [-0.15, -0.1) is 0 Å². The first kappa shape index (κ1) is 14.1. The van der Waals surface area contributed by atoms with Crippen LogP contribution in [0, 0.1) is 0 Å². The fourth-order valence-corrected chi connectivity index (χ4v) is 2.51. The molecule has 1 N–H and O–H groups in total. The second kappa shape index (κ2) is 8.18. The largest absolute Gasteiger partial charge is 0.356 e. The van der Waals surface area contributed by atoms with Crippen LogP contribution in [-0.4, -0.2) is 23.5 Å². The van der Waals surface area contributed by atoms with E-state index in [4.69, 9.17) is 0 Å². The lowest BCUT2D eigenvalue weighted by Crippen LogP contribution is -2.27. The van der Waals surface area contributed by atoms with Gasteiger partial charge in [-0.3, -0.25) is 4.79 Å². The lowest BCUT2D eigenvalue weighted by Gasteiger charge is -2.10. The summed E-state index contributed by atoms with van der Waals surface area (Å²) in [6, 6.07) is 10.2. The zero-order chi connectivity index (χ0) is 12.5. The van der Waals surface area contributed by atoms with Crippen molar-refractivity contribution in [2.45, 2.75) is 31.9 Å². The molecule has 1 aromatic carbocycles. The van der Waals surface area contributed by atoms with Crippen LogP contribution in [0.2, 0.25) is 0 Å². The van der Waals surface area contributed by atoms with Gasteiger partial charge in [-0.05, 0) is 17.7 Å². The molecular formula is C14H21NOS. The summed E-state index contributed by atoms with van der Waals surface area (Å²) in [5.41, 5.74) is 1.27. The molecule has 0 fully saturated rings. The summed E-state index contributed by atoms with van der Waals surface area (Å²) in [4.78, 5) is 11.6. The number of carbonyl (C=O) groups is 1. The number of amides is 1. The number of hydrogen-bond acceptors (Lipinski definition) is 2. The molecule has 3 heteroatoms. The summed E-state index contributed by atoms with van der Waals surface area (Å²) in [6.45, 7) is 4.95. The highest BCUT2D eigenvalue weighted by Gasteiger charge is 2.07. The van der Waals surface area contributed by atoms with E-state index in [1.54, 1.807) is 0 Å². The molecule has 1 aromatic rings. The molecule has 0 saturated carbocycles. The number of nitrogens with one attached hydrogen (secondary N) is 1. The second-order valence-corrected chi connectivity index (χ2v) is 5.77. The minimum atomic E-state index is 0.161. The molecule has 1 unspecified atom stereocenters. The molecule has 0 heterocycles. The monoisotopic (exact) mass is 251 g/mol. The molecular weight excluding hydrogens is 230 g/mol. The molecule has 1 rings (SSSR count). The molecule has 0 saturated heterocycles. The predicted molar refractivity (Wildman–Crippen MR) is 75.4 cm³/mol. The van der Waals surface area contributed by atoms with E-state index in [0.717, 1.165) is 18.7 Å². The van der Waals surface area contributed by atoms with Crippen LogP contribution in [-0.2, 0) is 11.2 Å². The zero-order valence-electron chi connectivity index (χ0n) is 10.6. The van der Waals surface area contributed by atoms with Gasteiger partial charge in [0.1, 0.15) is 0 Å². The summed E-state index contributed by atoms with van der Waals surface area (Å²) in [5.74, 6) is 1.23. The third-order valence-electron chi connectivity index (χ3n) is 2.50. The molecule has 2 nitrogen and oxygen atoms in total. The zero-order valence-corrected chi connectivity index (χ0v) is 11.4. The fourth-order valence-electron chi connectivity index (χ4n) is 1.67. The Morgan fingerprint density at radius 2 is 2.06 bits per heavy atom. The van der Waals surface area contributed by atoms with Crippen molar-refractivity contribution in [3.63, 3.8) is 0 Å². The average molecular weight is 251 g/mol. The molecule has 94 valence electrons. The maximum absolute atomic E-state index is 11.6. The Bertz CT molecular complexity index is 326. The maximum atomic E-state index is 11.6. The van der Waals surface area contributed by atoms with Gasteiger partial charge in [0.2, 0.25) is 5.91 Å². The number of thioether (sulfide) groups is 1. The van der Waals surface area contributed by atoms with Gasteiger partial charge in [-0.2, -0.15) is 11.8 Å². The Kier molecular flexibility index (Phi) is 6.78. The third-order valence-corrected chi connectivity index (χ3v) is 3.57. The van der Waals surface area contributed by atoms with Crippen molar-refractivity contribution < 1.29 is 4.79 Å². The molecule has 0 bridgehead atoms. The molecule has 0 radical (unpaired) electrons. The highest BCUT2D eigenvalue weighted by molar-refractivity contribution is 7.99. The number of hydrogen-bond donors (Lipinski definition) is 1. The quantitative estimate of drug-likeness (QED) is 0.807. The minimum Gasteiger partial charge on any atom is -0.356 e. The van der Waals surface area contributed by atoms with Crippen LogP contribution in [0.3, 0.4) is 0 Å². The van der Waals surface area contributed by atoms with Crippen molar-refractivity contribution in [2.75, 3.05) is 12.3 Å². The molecule has 0 aliphatic carbocycles. The van der Waals surface area contributed by atoms with E-state index in [0.29, 0.717) is 11.7 Å². The van der Waals surface area contributed by atoms with Gasteiger partial charge in [0.05, 0.1) is 0 Å². The molecule has 0 aliphatic rings. The highest BCUT2D eigenvalue weighted by Crippen LogP contribution is 2.12. The summed E-state index contributed by atoms with van der Waals surface area (Å²) in [7, 11) is 0. The van der Waals surface area contributed by atoms with Crippen molar-refractivity contribution in [2.24, 2.45) is 0 Å². The van der Waals surface area contributed by atoms with Gasteiger partial charge in [-0.1, -0.05) is 44.2 Å². The highest BCUT2D eigenvalue weighted by atomic mass is 32.2. The SMILES string of the molecule is CCSC(C)CC(=O)NCCc1ccccc1. The Labute approximate surface area is 108 Å². The van der Waals surface area contributed by atoms with Gasteiger partial charge in [-0.25, -0.2) is 0 Å². The van der Waals surface area contributed by atoms with Gasteiger partial charge in [0.25, 0.3) is 0 Å². The van der Waals surface area contributed by atoms with Gasteiger partial charge < -0.3 is 5.32 Å². The van der Waals surface area contributed by atoms with Crippen LogP contribution in [0.1, 0.15) is 25.8 Å². The molecule has 17 heavy (non-hydrogen) atoms. The van der Waals surface area contributed by atoms with Crippen LogP contribution in [0.25, 0.3) is 0 Å². The molecule has 0 spiro atoms. The molecule has 0 aliphatic heterocycles. The lowest BCUT2D eigenvalue weighted by atomic mass is 10.1. The van der Waals surface area contributed by atoms with Gasteiger partial charge >= 0.3 is 0 Å². The van der Waals surface area contributed by atoms with E-state index >= 15 is 0 Å². The minimum absolute atomic E-state index is 0.161. The summed E-state index contributed by atoms with van der Waals surface area (Å²) < 4.78 is 0. The van der Waals surface area contributed by atoms with Gasteiger partial charge in [0, 0.05) is 18.2 Å². The van der Waals surface area contributed by atoms with Crippen molar-refractivity contribution in [1.82, 2.24) is 5.32 Å². The number of benzene rings is 1. The van der Waals surface area contributed by atoms with E-state index in [1.165, 1.54) is 5.56 Å². The Balaban J connectivity index is 2.16. The standard InChI is InChI=1S/C14H21NOS/c1-3-17-12(2)11-14(16)15-10-9-13-7-5-4-6-8-13/h4-8,12H,3,9-11H2,1-2H3,(H,15,16). The number of rotatable bonds is 7. The van der Waals surface area contributed by atoms with E-state index in [1.807, 2.05) is 30.0 Å². The fraction of sp³-hybridized carbons (Fsp3) is 0.500. The smallest absolute Gasteiger partial charge is 0.221 e. The third kappa shape index (κ3) is 6.37. The normalized spacial score (nSPS) is 12.1. The summed E-state index contributed by atoms with van der Waals surface area (Å²) >= 11 is 1.83. The topological polar surface area (TPSA) is 29.1 Å². The molecule has 0 aromatic heterocycles. The molecule has 1 amide bonds. The van der Waals surface area contributed by atoms with Gasteiger partial charge in [0.15, 0.2) is 0 Å². The van der Waals surface area contributed by atoms with Crippen molar-refractivity contribution in [3.8, 4) is 0 Å². The lowest BCUT2D eigenvalue weighted by molar-refractivity contribution is -0.120. The van der Waals surface area contributed by atoms with Crippen molar-refractivity contribution in [1.29, 1.82) is 0 Å². The van der Waals surface area contributed by atoms with E-state index in [2.05, 4.69) is 31.3 Å². The van der Waals surface area contributed by atoms with Crippen molar-refractivity contribution in [3.05, 3.63) is 35.9 Å². The van der Waals surface area contributed by atoms with Crippen molar-refractivity contribution >= 4 is 17.7 Å². The van der Waals surface area contributed by atoms with Crippen LogP contribution in [0.4, 0.5) is 0 Å². The maximum Gasteiger partial charge on any atom is 0.221 e. The first-order chi connectivity index (χ1) is 8.22. The van der Waals surface area contributed by atoms with Crippen LogP contribution in [0.5, 0.6) is 0 Å². The summed E-state index contributed by atoms with van der Waals surface area (Å²) in [6.07, 6.45) is 1.52. The van der Waals surface area contributed by atoms with Crippen LogP contribution < -0.4 is 5.32 Å². The van der Waals surface area contributed by atoms with E-state index in [-0.39, 0.29) is 5.91 Å². The predicted octanol–water partition coefficient (Wildman–Crippen LogP) is 2.88. The number of carbonyl (C=O) groups excluding carboxylic acids is 1. The summed E-state index contributed by atoms with van der Waals surface area (Å²) in [5, 5.41) is 3.38.